The predicted octanol–water partition coefficient (Wildman–Crippen LogP) is 7.52. The number of rotatable bonds is 16. The Bertz CT molecular complexity index is 959. The maximum absolute atomic E-state index is 13.8. The zero-order chi connectivity index (χ0) is 26.5. The van der Waals surface area contributed by atoms with Crippen LogP contribution >= 0.6 is 0 Å². The molecule has 0 aliphatic heterocycles. The molecule has 2 aliphatic rings. The lowest BCUT2D eigenvalue weighted by atomic mass is 9.79. The molecule has 0 heterocycles. The normalized spacial score (nSPS) is 21.9. The van der Waals surface area contributed by atoms with Gasteiger partial charge in [0.05, 0.1) is 0 Å². The van der Waals surface area contributed by atoms with Gasteiger partial charge >= 0.3 is 0 Å². The molecule has 36 heavy (non-hydrogen) atoms. The molecule has 1 aromatic carbocycles. The van der Waals surface area contributed by atoms with Crippen molar-refractivity contribution in [3.8, 4) is 0 Å². The van der Waals surface area contributed by atoms with Crippen molar-refractivity contribution in [3.05, 3.63) is 60.2 Å². The second kappa shape index (κ2) is 12.3. The summed E-state index contributed by atoms with van der Waals surface area (Å²) in [6, 6.07) is 8.48. The second-order valence-electron chi connectivity index (χ2n) is 11.9. The van der Waals surface area contributed by atoms with Gasteiger partial charge in [0.2, 0.25) is 0 Å². The Kier molecular flexibility index (Phi) is 9.66. The molecule has 196 valence electrons. The fourth-order valence-electron chi connectivity index (χ4n) is 7.01. The molecule has 1 fully saturated rings. The van der Waals surface area contributed by atoms with E-state index in [1.807, 2.05) is 0 Å². The lowest BCUT2D eigenvalue weighted by molar-refractivity contribution is -0.130. The number of hydrogen-bond donors (Lipinski definition) is 0. The van der Waals surface area contributed by atoms with Crippen molar-refractivity contribution < 1.29 is 14.4 Å². The lowest BCUT2D eigenvalue weighted by Gasteiger charge is -2.23. The van der Waals surface area contributed by atoms with Gasteiger partial charge in [0.25, 0.3) is 0 Å². The van der Waals surface area contributed by atoms with Gasteiger partial charge in [-0.2, -0.15) is 0 Å². The molecule has 4 atom stereocenters. The molecule has 3 unspecified atom stereocenters. The van der Waals surface area contributed by atoms with Crippen molar-refractivity contribution in [3.63, 3.8) is 0 Å². The van der Waals surface area contributed by atoms with Crippen LogP contribution in [0.5, 0.6) is 0 Å². The highest BCUT2D eigenvalue weighted by Crippen LogP contribution is 2.64. The number of Topliss-reactive ketones (excluding diaryl/α,β-unsaturated/α-hetero) is 3. The van der Waals surface area contributed by atoms with E-state index in [4.69, 9.17) is 0 Å². The number of benzene rings is 1. The molecular weight excluding hydrogens is 444 g/mol. The predicted molar refractivity (Wildman–Crippen MR) is 148 cm³/mol. The summed E-state index contributed by atoms with van der Waals surface area (Å²) in [7, 11) is 0. The second-order valence-corrected chi connectivity index (χ2v) is 11.9. The zero-order valence-electron chi connectivity index (χ0n) is 23.0. The minimum absolute atomic E-state index is 0.0350. The first-order chi connectivity index (χ1) is 17.1. The smallest absolute Gasteiger partial charge is 0.158 e. The average Bonchev–Trinajstić information content (AvgIpc) is 3.17. The van der Waals surface area contributed by atoms with Gasteiger partial charge in [-0.3, -0.25) is 14.4 Å². The maximum Gasteiger partial charge on any atom is 0.158 e. The summed E-state index contributed by atoms with van der Waals surface area (Å²) < 4.78 is 0. The summed E-state index contributed by atoms with van der Waals surface area (Å²) in [4.78, 5) is 39.8. The Morgan fingerprint density at radius 3 is 2.25 bits per heavy atom. The van der Waals surface area contributed by atoms with Crippen LogP contribution in [0, 0.1) is 35.0 Å². The van der Waals surface area contributed by atoms with Crippen LogP contribution in [0.2, 0.25) is 0 Å². The summed E-state index contributed by atoms with van der Waals surface area (Å²) in [6.07, 6.45) is 8.59. The summed E-state index contributed by atoms with van der Waals surface area (Å²) in [6.45, 7) is 16.6. The van der Waals surface area contributed by atoms with Crippen LogP contribution in [0.3, 0.4) is 0 Å². The Balaban J connectivity index is 1.70. The molecule has 2 aliphatic carbocycles. The molecule has 0 aromatic heterocycles. The van der Waals surface area contributed by atoms with Crippen molar-refractivity contribution in [1.29, 1.82) is 0 Å². The molecule has 0 saturated heterocycles. The number of ketones is 3. The van der Waals surface area contributed by atoms with Crippen molar-refractivity contribution in [2.75, 3.05) is 0 Å². The van der Waals surface area contributed by atoms with Gasteiger partial charge in [-0.25, -0.2) is 0 Å². The van der Waals surface area contributed by atoms with Crippen LogP contribution in [-0.4, -0.2) is 17.3 Å². The third-order valence-corrected chi connectivity index (χ3v) is 9.04. The molecule has 0 amide bonds. The molecule has 1 aromatic rings. The number of fused-ring (bicyclic) bond motifs is 1. The summed E-state index contributed by atoms with van der Waals surface area (Å²) >= 11 is 0. The Morgan fingerprint density at radius 1 is 1.08 bits per heavy atom. The molecule has 0 radical (unpaired) electrons. The summed E-state index contributed by atoms with van der Waals surface area (Å²) in [5.41, 5.74) is 3.37. The van der Waals surface area contributed by atoms with E-state index >= 15 is 0 Å². The third-order valence-electron chi connectivity index (χ3n) is 9.04. The number of allylic oxidation sites excluding steroid dienone is 2. The Morgan fingerprint density at radius 2 is 1.72 bits per heavy atom. The van der Waals surface area contributed by atoms with Crippen LogP contribution < -0.4 is 0 Å². The average molecular weight is 491 g/mol. The first kappa shape index (κ1) is 28.3. The topological polar surface area (TPSA) is 51.2 Å². The first-order valence-corrected chi connectivity index (χ1v) is 14.1. The lowest BCUT2D eigenvalue weighted by Crippen LogP contribution is -2.27. The third kappa shape index (κ3) is 6.52. The number of carbonyl (C=O) groups excluding carboxylic acids is 3. The SMILES string of the molecule is C=CCCC(=O)C(=C)[C@@H](CCC)CC(=O)C(CC(=O)CC1Cc2ccccc2C1)C1C(CC)C1(C)C. The van der Waals surface area contributed by atoms with Gasteiger partial charge in [0, 0.05) is 31.6 Å². The van der Waals surface area contributed by atoms with Crippen molar-refractivity contribution in [2.45, 2.75) is 91.9 Å². The summed E-state index contributed by atoms with van der Waals surface area (Å²) in [5, 5.41) is 0. The molecule has 0 bridgehead atoms. The Hall–Kier alpha value is -2.29. The van der Waals surface area contributed by atoms with Gasteiger partial charge in [-0.15, -0.1) is 6.58 Å². The van der Waals surface area contributed by atoms with Crippen molar-refractivity contribution in [1.82, 2.24) is 0 Å². The van der Waals surface area contributed by atoms with Crippen LogP contribution in [0.25, 0.3) is 0 Å². The highest BCUT2D eigenvalue weighted by Gasteiger charge is 2.60. The van der Waals surface area contributed by atoms with E-state index in [0.29, 0.717) is 49.5 Å². The van der Waals surface area contributed by atoms with Crippen LogP contribution in [-0.2, 0) is 27.2 Å². The van der Waals surface area contributed by atoms with Crippen molar-refractivity contribution in [2.24, 2.45) is 35.0 Å². The minimum atomic E-state index is -0.253. The highest BCUT2D eigenvalue weighted by atomic mass is 16.1. The van der Waals surface area contributed by atoms with E-state index < -0.39 is 0 Å². The van der Waals surface area contributed by atoms with Crippen LogP contribution in [0.15, 0.2) is 49.1 Å². The molecule has 0 N–H and O–H groups in total. The van der Waals surface area contributed by atoms with Crippen molar-refractivity contribution >= 4 is 17.3 Å². The highest BCUT2D eigenvalue weighted by molar-refractivity contribution is 5.96. The largest absolute Gasteiger partial charge is 0.300 e. The zero-order valence-corrected chi connectivity index (χ0v) is 23.0. The van der Waals surface area contributed by atoms with Gasteiger partial charge < -0.3 is 0 Å². The van der Waals surface area contributed by atoms with Gasteiger partial charge in [-0.05, 0) is 71.5 Å². The number of carbonyl (C=O) groups is 3. The van der Waals surface area contributed by atoms with E-state index in [1.54, 1.807) is 6.08 Å². The van der Waals surface area contributed by atoms with E-state index in [1.165, 1.54) is 11.1 Å². The van der Waals surface area contributed by atoms with E-state index in [9.17, 15) is 14.4 Å². The van der Waals surface area contributed by atoms with E-state index in [2.05, 4.69) is 65.1 Å². The maximum atomic E-state index is 13.8. The Labute approximate surface area is 218 Å². The van der Waals surface area contributed by atoms with Gasteiger partial charge in [0.15, 0.2) is 5.78 Å². The molecular formula is C33H46O3. The van der Waals surface area contributed by atoms with Crippen LogP contribution in [0.1, 0.15) is 90.2 Å². The number of hydrogen-bond acceptors (Lipinski definition) is 3. The standard InChI is InChI=1S/C33H46O3/c1-7-10-16-30(35)22(4)24(13-8-2)20-31(36)28(32-29(9-3)33(32,5)6)21-27(34)19-23-17-25-14-11-12-15-26(25)18-23/h7,11-12,14-15,23-24,28-29,32H,1,4,8-10,13,16-21H2,2-3,5-6H3/t24-,28?,29?,32?/m0/s1. The van der Waals surface area contributed by atoms with Gasteiger partial charge in [-0.1, -0.05) is 77.5 Å². The van der Waals surface area contributed by atoms with Gasteiger partial charge in [0.1, 0.15) is 11.6 Å². The molecule has 3 rings (SSSR count). The molecule has 3 heteroatoms. The molecule has 1 saturated carbocycles. The summed E-state index contributed by atoms with van der Waals surface area (Å²) in [5.74, 6) is 1.08. The minimum Gasteiger partial charge on any atom is -0.300 e. The first-order valence-electron chi connectivity index (χ1n) is 14.1. The fraction of sp³-hybridized carbons (Fsp3) is 0.606. The molecule has 0 spiro atoms. The monoisotopic (exact) mass is 490 g/mol. The quantitative estimate of drug-likeness (QED) is 0.178. The van der Waals surface area contributed by atoms with Crippen LogP contribution in [0.4, 0.5) is 0 Å². The molecule has 3 nitrogen and oxygen atoms in total. The van der Waals surface area contributed by atoms with E-state index in [-0.39, 0.29) is 40.5 Å². The fourth-order valence-corrected chi connectivity index (χ4v) is 7.01. The van der Waals surface area contributed by atoms with E-state index in [0.717, 1.165) is 32.1 Å².